The van der Waals surface area contributed by atoms with Gasteiger partial charge in [-0.1, -0.05) is 13.3 Å². The lowest BCUT2D eigenvalue weighted by molar-refractivity contribution is -0.142. The lowest BCUT2D eigenvalue weighted by Gasteiger charge is -2.27. The van der Waals surface area contributed by atoms with Crippen molar-refractivity contribution in [1.82, 2.24) is 10.2 Å². The molecule has 1 saturated heterocycles. The first-order valence-electron chi connectivity index (χ1n) is 6.93. The van der Waals surface area contributed by atoms with E-state index in [1.54, 1.807) is 0 Å². The second-order valence-corrected chi connectivity index (χ2v) is 5.33. The molecule has 1 saturated carbocycles. The van der Waals surface area contributed by atoms with Gasteiger partial charge in [0.25, 0.3) is 0 Å². The highest BCUT2D eigenvalue weighted by Gasteiger charge is 2.36. The first kappa shape index (κ1) is 13.2. The van der Waals surface area contributed by atoms with Crippen LogP contribution in [0.5, 0.6) is 0 Å². The summed E-state index contributed by atoms with van der Waals surface area (Å²) in [5, 5.41) is 12.0. The van der Waals surface area contributed by atoms with Crippen LogP contribution in [0.4, 0.5) is 4.79 Å². The summed E-state index contributed by atoms with van der Waals surface area (Å²) in [6.07, 6.45) is 5.44. The van der Waals surface area contributed by atoms with Gasteiger partial charge in [0, 0.05) is 18.6 Å². The molecule has 0 aromatic heterocycles. The Morgan fingerprint density at radius 3 is 2.72 bits per heavy atom. The van der Waals surface area contributed by atoms with Gasteiger partial charge in [-0.3, -0.25) is 4.79 Å². The fraction of sp³-hybridized carbons (Fsp3) is 0.846. The van der Waals surface area contributed by atoms with Gasteiger partial charge in [-0.05, 0) is 32.1 Å². The number of carbonyl (C=O) groups is 2. The number of amides is 2. The van der Waals surface area contributed by atoms with Gasteiger partial charge >= 0.3 is 12.0 Å². The Bertz CT molecular complexity index is 332. The minimum absolute atomic E-state index is 0.0718. The Labute approximate surface area is 108 Å². The van der Waals surface area contributed by atoms with Crippen LogP contribution >= 0.6 is 0 Å². The normalized spacial score (nSPS) is 31.6. The van der Waals surface area contributed by atoms with Crippen LogP contribution in [0.15, 0.2) is 0 Å². The molecule has 2 rings (SSSR count). The maximum atomic E-state index is 12.2. The highest BCUT2D eigenvalue weighted by atomic mass is 16.4. The fourth-order valence-electron chi connectivity index (χ4n) is 3.20. The van der Waals surface area contributed by atoms with E-state index in [4.69, 9.17) is 5.11 Å². The zero-order valence-corrected chi connectivity index (χ0v) is 10.9. The number of likely N-dealkylation sites (tertiary alicyclic amines) is 1. The van der Waals surface area contributed by atoms with Crippen molar-refractivity contribution in [3.63, 3.8) is 0 Å². The van der Waals surface area contributed by atoms with E-state index in [1.165, 1.54) is 0 Å². The highest BCUT2D eigenvalue weighted by molar-refractivity contribution is 5.77. The highest BCUT2D eigenvalue weighted by Crippen LogP contribution is 2.27. The molecule has 5 nitrogen and oxygen atoms in total. The van der Waals surface area contributed by atoms with Crippen molar-refractivity contribution >= 4 is 12.0 Å². The van der Waals surface area contributed by atoms with E-state index in [-0.39, 0.29) is 12.1 Å². The summed E-state index contributed by atoms with van der Waals surface area (Å²) < 4.78 is 0. The van der Waals surface area contributed by atoms with Crippen molar-refractivity contribution in [3.8, 4) is 0 Å². The molecule has 2 fully saturated rings. The lowest BCUT2D eigenvalue weighted by Crippen LogP contribution is -2.48. The summed E-state index contributed by atoms with van der Waals surface area (Å²) in [6, 6.07) is 0.0697. The van der Waals surface area contributed by atoms with E-state index in [9.17, 15) is 9.59 Å². The number of rotatable bonds is 3. The third-order valence-electron chi connectivity index (χ3n) is 4.25. The van der Waals surface area contributed by atoms with Crippen LogP contribution in [-0.2, 0) is 4.79 Å². The summed E-state index contributed by atoms with van der Waals surface area (Å²) in [5.41, 5.74) is 0. The van der Waals surface area contributed by atoms with E-state index in [1.807, 2.05) is 4.90 Å². The average Bonchev–Trinajstić information content (AvgIpc) is 2.96. The number of nitrogens with zero attached hydrogens (tertiary/aromatic N) is 1. The Balaban J connectivity index is 1.92. The van der Waals surface area contributed by atoms with E-state index < -0.39 is 11.9 Å². The molecule has 2 aliphatic rings. The van der Waals surface area contributed by atoms with Crippen molar-refractivity contribution in [3.05, 3.63) is 0 Å². The Morgan fingerprint density at radius 2 is 2.06 bits per heavy atom. The number of hydrogen-bond acceptors (Lipinski definition) is 2. The standard InChI is InChI=1S/C13H22N2O3/c1-2-9-5-4-8-15(9)13(18)14-11-7-3-6-10(11)12(16)17/h9-11H,2-8H2,1H3,(H,14,18)(H,16,17). The first-order chi connectivity index (χ1) is 8.63. The van der Waals surface area contributed by atoms with Crippen LogP contribution in [0.1, 0.15) is 45.4 Å². The van der Waals surface area contributed by atoms with Gasteiger partial charge in [0.1, 0.15) is 0 Å². The first-order valence-corrected chi connectivity index (χ1v) is 6.93. The largest absolute Gasteiger partial charge is 0.481 e. The molecule has 2 amide bonds. The van der Waals surface area contributed by atoms with Crippen molar-refractivity contribution in [1.29, 1.82) is 0 Å². The van der Waals surface area contributed by atoms with E-state index in [0.717, 1.165) is 38.6 Å². The van der Waals surface area contributed by atoms with Crippen molar-refractivity contribution in [2.75, 3.05) is 6.54 Å². The second-order valence-electron chi connectivity index (χ2n) is 5.33. The summed E-state index contributed by atoms with van der Waals surface area (Å²) in [4.78, 5) is 25.1. The van der Waals surface area contributed by atoms with Gasteiger partial charge < -0.3 is 15.3 Å². The molecule has 1 heterocycles. The summed E-state index contributed by atoms with van der Waals surface area (Å²) in [6.45, 7) is 2.89. The molecule has 18 heavy (non-hydrogen) atoms. The molecule has 3 atom stereocenters. The minimum atomic E-state index is -0.786. The maximum Gasteiger partial charge on any atom is 0.317 e. The van der Waals surface area contributed by atoms with E-state index in [0.29, 0.717) is 12.5 Å². The lowest BCUT2D eigenvalue weighted by atomic mass is 10.0. The Kier molecular flexibility index (Phi) is 4.09. The molecule has 0 spiro atoms. The number of carboxylic acid groups (broad SMARTS) is 1. The Hall–Kier alpha value is -1.26. The van der Waals surface area contributed by atoms with Gasteiger partial charge in [0.05, 0.1) is 5.92 Å². The number of hydrogen-bond donors (Lipinski definition) is 2. The predicted octanol–water partition coefficient (Wildman–Crippen LogP) is 1.82. The molecule has 0 aromatic carbocycles. The monoisotopic (exact) mass is 254 g/mol. The van der Waals surface area contributed by atoms with Crippen molar-refractivity contribution in [2.45, 2.75) is 57.5 Å². The zero-order chi connectivity index (χ0) is 13.1. The van der Waals surface area contributed by atoms with Gasteiger partial charge in [0.15, 0.2) is 0 Å². The molecule has 0 aromatic rings. The zero-order valence-electron chi connectivity index (χ0n) is 10.9. The SMILES string of the molecule is CCC1CCCN1C(=O)NC1CCCC1C(=O)O. The Morgan fingerprint density at radius 1 is 1.28 bits per heavy atom. The van der Waals surface area contributed by atoms with Crippen LogP contribution < -0.4 is 5.32 Å². The van der Waals surface area contributed by atoms with Crippen LogP contribution in [0, 0.1) is 5.92 Å². The summed E-state index contributed by atoms with van der Waals surface area (Å²) in [5.74, 6) is -1.19. The van der Waals surface area contributed by atoms with Gasteiger partial charge in [-0.2, -0.15) is 0 Å². The van der Waals surface area contributed by atoms with Gasteiger partial charge in [0.2, 0.25) is 0 Å². The molecular formula is C13H22N2O3. The number of carbonyl (C=O) groups excluding carboxylic acids is 1. The number of carboxylic acids is 1. The van der Waals surface area contributed by atoms with Crippen LogP contribution in [-0.4, -0.2) is 40.6 Å². The topological polar surface area (TPSA) is 69.6 Å². The van der Waals surface area contributed by atoms with Crippen LogP contribution in [0.25, 0.3) is 0 Å². The smallest absolute Gasteiger partial charge is 0.317 e. The molecule has 1 aliphatic carbocycles. The second kappa shape index (κ2) is 5.59. The number of aliphatic carboxylic acids is 1. The molecule has 0 radical (unpaired) electrons. The number of nitrogens with one attached hydrogen (secondary N) is 1. The van der Waals surface area contributed by atoms with Crippen LogP contribution in [0.3, 0.4) is 0 Å². The van der Waals surface area contributed by atoms with E-state index >= 15 is 0 Å². The predicted molar refractivity (Wildman–Crippen MR) is 67.3 cm³/mol. The minimum Gasteiger partial charge on any atom is -0.481 e. The summed E-state index contributed by atoms with van der Waals surface area (Å²) in [7, 11) is 0. The molecule has 102 valence electrons. The van der Waals surface area contributed by atoms with Crippen molar-refractivity contribution < 1.29 is 14.7 Å². The third kappa shape index (κ3) is 2.60. The van der Waals surface area contributed by atoms with E-state index in [2.05, 4.69) is 12.2 Å². The number of urea groups is 1. The molecule has 2 N–H and O–H groups in total. The van der Waals surface area contributed by atoms with Crippen LogP contribution in [0.2, 0.25) is 0 Å². The summed E-state index contributed by atoms with van der Waals surface area (Å²) >= 11 is 0. The fourth-order valence-corrected chi connectivity index (χ4v) is 3.20. The van der Waals surface area contributed by atoms with Gasteiger partial charge in [-0.25, -0.2) is 4.79 Å². The molecule has 5 heteroatoms. The maximum absolute atomic E-state index is 12.2. The molecular weight excluding hydrogens is 232 g/mol. The molecule has 3 unspecified atom stereocenters. The third-order valence-corrected chi connectivity index (χ3v) is 4.25. The van der Waals surface area contributed by atoms with Crippen molar-refractivity contribution in [2.24, 2.45) is 5.92 Å². The molecule has 1 aliphatic heterocycles. The molecule has 0 bridgehead atoms. The quantitative estimate of drug-likeness (QED) is 0.807. The average molecular weight is 254 g/mol. The van der Waals surface area contributed by atoms with Gasteiger partial charge in [-0.15, -0.1) is 0 Å².